The molecular formula is C13H17ClN4O2. The maximum atomic E-state index is 10.9. The Bertz CT molecular complexity index is 539. The van der Waals surface area contributed by atoms with Gasteiger partial charge in [0.2, 0.25) is 0 Å². The normalized spacial score (nSPS) is 26.6. The first-order chi connectivity index (χ1) is 9.54. The third kappa shape index (κ3) is 2.45. The van der Waals surface area contributed by atoms with Crippen LogP contribution < -0.4 is 4.90 Å². The van der Waals surface area contributed by atoms with Gasteiger partial charge in [0.25, 0.3) is 5.69 Å². The van der Waals surface area contributed by atoms with Crippen molar-refractivity contribution in [1.29, 1.82) is 0 Å². The molecule has 2 saturated heterocycles. The molecule has 2 unspecified atom stereocenters. The second-order valence-corrected chi connectivity index (χ2v) is 5.94. The smallest absolute Gasteiger partial charge is 0.276 e. The Morgan fingerprint density at radius 1 is 1.35 bits per heavy atom. The Kier molecular flexibility index (Phi) is 3.52. The lowest BCUT2D eigenvalue weighted by Crippen LogP contribution is -2.37. The van der Waals surface area contributed by atoms with Gasteiger partial charge in [-0.15, -0.1) is 0 Å². The third-order valence-corrected chi connectivity index (χ3v) is 4.64. The molecule has 3 rings (SSSR count). The highest BCUT2D eigenvalue weighted by molar-refractivity contribution is 6.29. The van der Waals surface area contributed by atoms with Gasteiger partial charge in [0.15, 0.2) is 0 Å². The molecule has 20 heavy (non-hydrogen) atoms. The van der Waals surface area contributed by atoms with Gasteiger partial charge in [-0.25, -0.2) is 4.98 Å². The van der Waals surface area contributed by atoms with Crippen molar-refractivity contribution in [2.45, 2.75) is 31.3 Å². The van der Waals surface area contributed by atoms with Gasteiger partial charge in [-0.3, -0.25) is 15.0 Å². The molecule has 7 heteroatoms. The second-order valence-electron chi connectivity index (χ2n) is 5.55. The first-order valence-electron chi connectivity index (χ1n) is 6.83. The zero-order valence-corrected chi connectivity index (χ0v) is 12.1. The van der Waals surface area contributed by atoms with Crippen LogP contribution in [0.5, 0.6) is 0 Å². The van der Waals surface area contributed by atoms with Crippen LogP contribution in [0.1, 0.15) is 19.3 Å². The van der Waals surface area contributed by atoms with E-state index in [0.717, 1.165) is 19.5 Å². The van der Waals surface area contributed by atoms with Crippen LogP contribution in [0.25, 0.3) is 0 Å². The van der Waals surface area contributed by atoms with Gasteiger partial charge in [0.05, 0.1) is 17.1 Å². The quantitative estimate of drug-likeness (QED) is 0.476. The van der Waals surface area contributed by atoms with E-state index in [9.17, 15) is 10.1 Å². The Morgan fingerprint density at radius 2 is 2.10 bits per heavy atom. The Balaban J connectivity index is 1.87. The van der Waals surface area contributed by atoms with E-state index in [4.69, 9.17) is 11.6 Å². The Labute approximate surface area is 122 Å². The first-order valence-corrected chi connectivity index (χ1v) is 7.21. The summed E-state index contributed by atoms with van der Waals surface area (Å²) in [5.41, 5.74) is 0.00256. The molecule has 0 aliphatic carbocycles. The number of nitro groups is 1. The fourth-order valence-electron chi connectivity index (χ4n) is 3.25. The summed E-state index contributed by atoms with van der Waals surface area (Å²) in [4.78, 5) is 19.3. The molecule has 3 heterocycles. The molecule has 2 atom stereocenters. The number of nitrogens with zero attached hydrogens (tertiary/aromatic N) is 4. The second kappa shape index (κ2) is 5.18. The summed E-state index contributed by atoms with van der Waals surface area (Å²) >= 11 is 5.91. The number of halogens is 1. The number of likely N-dealkylation sites (N-methyl/N-ethyl adjacent to an activating group) is 1. The number of rotatable bonds is 2. The predicted octanol–water partition coefficient (Wildman–Crippen LogP) is 2.32. The van der Waals surface area contributed by atoms with Gasteiger partial charge in [-0.1, -0.05) is 11.6 Å². The van der Waals surface area contributed by atoms with E-state index in [1.165, 1.54) is 25.0 Å². The van der Waals surface area contributed by atoms with E-state index in [1.807, 2.05) is 0 Å². The number of pyridine rings is 1. The molecule has 0 radical (unpaired) electrons. The molecule has 6 nitrogen and oxygen atoms in total. The van der Waals surface area contributed by atoms with Gasteiger partial charge >= 0.3 is 0 Å². The average molecular weight is 297 g/mol. The molecule has 0 N–H and O–H groups in total. The summed E-state index contributed by atoms with van der Waals surface area (Å²) in [6, 6.07) is 3.94. The maximum absolute atomic E-state index is 10.9. The van der Waals surface area contributed by atoms with Gasteiger partial charge in [-0.05, 0) is 26.3 Å². The minimum atomic E-state index is -0.423. The zero-order valence-electron chi connectivity index (χ0n) is 11.3. The highest BCUT2D eigenvalue weighted by atomic mass is 35.5. The van der Waals surface area contributed by atoms with E-state index in [1.54, 1.807) is 0 Å². The van der Waals surface area contributed by atoms with Gasteiger partial charge in [0.1, 0.15) is 11.0 Å². The van der Waals surface area contributed by atoms with Crippen LogP contribution in [0.4, 0.5) is 11.5 Å². The molecule has 0 spiro atoms. The van der Waals surface area contributed by atoms with Gasteiger partial charge in [-0.2, -0.15) is 0 Å². The molecule has 0 saturated carbocycles. The van der Waals surface area contributed by atoms with Crippen molar-refractivity contribution in [3.05, 3.63) is 27.4 Å². The topological polar surface area (TPSA) is 62.5 Å². The van der Waals surface area contributed by atoms with Crippen molar-refractivity contribution in [1.82, 2.24) is 9.88 Å². The van der Waals surface area contributed by atoms with Crippen LogP contribution in [0.15, 0.2) is 12.1 Å². The van der Waals surface area contributed by atoms with Crippen molar-refractivity contribution < 1.29 is 4.92 Å². The molecule has 0 amide bonds. The number of fused-ring (bicyclic) bond motifs is 2. The predicted molar refractivity (Wildman–Crippen MR) is 77.3 cm³/mol. The van der Waals surface area contributed by atoms with Crippen LogP contribution in [0, 0.1) is 10.1 Å². The van der Waals surface area contributed by atoms with Crippen molar-refractivity contribution in [3.8, 4) is 0 Å². The van der Waals surface area contributed by atoms with E-state index in [-0.39, 0.29) is 10.8 Å². The average Bonchev–Trinajstić information content (AvgIpc) is 2.62. The molecule has 1 aromatic rings. The highest BCUT2D eigenvalue weighted by Gasteiger charge is 2.35. The van der Waals surface area contributed by atoms with Crippen LogP contribution in [-0.2, 0) is 0 Å². The van der Waals surface area contributed by atoms with Crippen LogP contribution in [-0.4, -0.2) is 47.0 Å². The van der Waals surface area contributed by atoms with E-state index >= 15 is 0 Å². The fourth-order valence-corrected chi connectivity index (χ4v) is 3.45. The molecule has 2 aliphatic rings. The minimum absolute atomic E-state index is 0.00256. The number of hydrogen-bond donors (Lipinski definition) is 0. The number of hydrogen-bond acceptors (Lipinski definition) is 5. The first kappa shape index (κ1) is 13.6. The van der Waals surface area contributed by atoms with Crippen LogP contribution >= 0.6 is 11.6 Å². The molecule has 2 bridgehead atoms. The number of anilines is 1. The van der Waals surface area contributed by atoms with E-state index in [2.05, 4.69) is 21.8 Å². The molecular weight excluding hydrogens is 280 g/mol. The fraction of sp³-hybridized carbons (Fsp3) is 0.615. The van der Waals surface area contributed by atoms with E-state index in [0.29, 0.717) is 17.9 Å². The largest absolute Gasteiger partial charge is 0.355 e. The lowest BCUT2D eigenvalue weighted by molar-refractivity contribution is -0.384. The maximum Gasteiger partial charge on any atom is 0.276 e. The van der Waals surface area contributed by atoms with Crippen molar-refractivity contribution in [2.24, 2.45) is 0 Å². The zero-order chi connectivity index (χ0) is 14.3. The minimum Gasteiger partial charge on any atom is -0.355 e. The highest BCUT2D eigenvalue weighted by Crippen LogP contribution is 2.31. The van der Waals surface area contributed by atoms with Gasteiger partial charge < -0.3 is 4.90 Å². The Hall–Kier alpha value is -1.40. The summed E-state index contributed by atoms with van der Waals surface area (Å²) in [7, 11) is 2.17. The lowest BCUT2D eigenvalue weighted by Gasteiger charge is -2.26. The lowest BCUT2D eigenvalue weighted by atomic mass is 10.1. The standard InChI is InChI=1S/C13H17ClN4O2/c1-16-9-2-3-10(16)8-17(5-4-9)13-7-11(18(19)20)6-12(14)15-13/h6-7,9-10H,2-5,8H2,1H3. The summed E-state index contributed by atoms with van der Waals surface area (Å²) in [5.74, 6) is 0.616. The molecule has 1 aromatic heterocycles. The summed E-state index contributed by atoms with van der Waals surface area (Å²) < 4.78 is 0. The van der Waals surface area contributed by atoms with Crippen molar-refractivity contribution >= 4 is 23.1 Å². The monoisotopic (exact) mass is 296 g/mol. The molecule has 108 valence electrons. The number of aromatic nitrogens is 1. The van der Waals surface area contributed by atoms with Crippen LogP contribution in [0.3, 0.4) is 0 Å². The Morgan fingerprint density at radius 3 is 2.85 bits per heavy atom. The van der Waals surface area contributed by atoms with E-state index < -0.39 is 4.92 Å². The van der Waals surface area contributed by atoms with Crippen molar-refractivity contribution in [2.75, 3.05) is 25.0 Å². The SMILES string of the molecule is CN1C2CCC1CN(c1cc([N+](=O)[O-])cc(Cl)n1)CC2. The third-order valence-electron chi connectivity index (χ3n) is 4.45. The van der Waals surface area contributed by atoms with Crippen LogP contribution in [0.2, 0.25) is 5.15 Å². The van der Waals surface area contributed by atoms with Gasteiger partial charge in [0, 0.05) is 25.2 Å². The van der Waals surface area contributed by atoms with Crippen molar-refractivity contribution in [3.63, 3.8) is 0 Å². The molecule has 2 fully saturated rings. The summed E-state index contributed by atoms with van der Waals surface area (Å²) in [6.45, 7) is 1.73. The summed E-state index contributed by atoms with van der Waals surface area (Å²) in [6.07, 6.45) is 3.49. The summed E-state index contributed by atoms with van der Waals surface area (Å²) in [5, 5.41) is 11.1. The molecule has 0 aromatic carbocycles. The molecule has 2 aliphatic heterocycles.